The van der Waals surface area contributed by atoms with Gasteiger partial charge in [-0.2, -0.15) is 0 Å². The molecule has 9 heavy (non-hydrogen) atoms. The molecule has 0 atom stereocenters. The van der Waals surface area contributed by atoms with E-state index < -0.39 is 0 Å². The second kappa shape index (κ2) is 2.44. The van der Waals surface area contributed by atoms with Gasteiger partial charge < -0.3 is 10.4 Å². The number of nitrogens with two attached hydrogens (primary N) is 1. The van der Waals surface area contributed by atoms with Crippen molar-refractivity contribution in [1.82, 2.24) is 0 Å². The molecule has 3 heteroatoms. The summed E-state index contributed by atoms with van der Waals surface area (Å²) in [5, 5.41) is 0. The maximum absolute atomic E-state index is 5.38. The Labute approximate surface area is 55.1 Å². The van der Waals surface area contributed by atoms with Crippen LogP contribution in [-0.4, -0.2) is 8.05 Å². The summed E-state index contributed by atoms with van der Waals surface area (Å²) in [5.74, 6) is 0.615. The van der Waals surface area contributed by atoms with Gasteiger partial charge in [-0.15, -0.1) is 0 Å². The van der Waals surface area contributed by atoms with Gasteiger partial charge in [0.25, 0.3) is 0 Å². The monoisotopic (exact) mass is 119 g/mol. The summed E-state index contributed by atoms with van der Waals surface area (Å²) < 4.78 is 4.41. The number of hydrogen-bond donors (Lipinski definition) is 1. The molecule has 0 heterocycles. The molecule has 1 rings (SSSR count). The Morgan fingerprint density at radius 2 is 1.78 bits per heavy atom. The number of anilines is 1. The molecule has 0 aromatic heterocycles. The van der Waals surface area contributed by atoms with Gasteiger partial charge in [-0.3, -0.25) is 0 Å². The molecule has 0 aliphatic heterocycles. The lowest BCUT2D eigenvalue weighted by Gasteiger charge is -1.97. The van der Waals surface area contributed by atoms with Gasteiger partial charge in [0.15, 0.2) is 0 Å². The van der Waals surface area contributed by atoms with Gasteiger partial charge in [-0.1, -0.05) is 0 Å². The fourth-order valence-electron chi connectivity index (χ4n) is 0.546. The van der Waals surface area contributed by atoms with Crippen LogP contribution >= 0.6 is 0 Å². The van der Waals surface area contributed by atoms with Crippen LogP contribution in [0, 0.1) is 0 Å². The van der Waals surface area contributed by atoms with E-state index in [1.54, 1.807) is 24.3 Å². The van der Waals surface area contributed by atoms with Crippen LogP contribution < -0.4 is 10.4 Å². The average Bonchev–Trinajstić information content (AvgIpc) is 1.90. The predicted octanol–water partition coefficient (Wildman–Crippen LogP) is 0.731. The summed E-state index contributed by atoms with van der Waals surface area (Å²) in [6.45, 7) is 0. The molecule has 0 bridgehead atoms. The summed E-state index contributed by atoms with van der Waals surface area (Å²) in [6, 6.07) is 6.86. The quantitative estimate of drug-likeness (QED) is 0.436. The molecule has 0 aliphatic rings. The normalized spacial score (nSPS) is 8.89. The Morgan fingerprint density at radius 1 is 1.22 bits per heavy atom. The van der Waals surface area contributed by atoms with Crippen molar-refractivity contribution in [2.45, 2.75) is 0 Å². The minimum Gasteiger partial charge on any atom is -0.568 e. The fourth-order valence-corrected chi connectivity index (χ4v) is 0.546. The van der Waals surface area contributed by atoms with Crippen molar-refractivity contribution in [2.75, 3.05) is 5.73 Å². The highest BCUT2D eigenvalue weighted by molar-refractivity contribution is 5.99. The Morgan fingerprint density at radius 3 is 2.22 bits per heavy atom. The molecule has 2 nitrogen and oxygen atoms in total. The molecule has 0 fully saturated rings. The second-order valence-corrected chi connectivity index (χ2v) is 1.69. The molecule has 0 aliphatic carbocycles. The smallest absolute Gasteiger partial charge is 0.374 e. The van der Waals surface area contributed by atoms with E-state index in [-0.39, 0.29) is 0 Å². The topological polar surface area (TPSA) is 35.2 Å². The van der Waals surface area contributed by atoms with E-state index in [1.807, 2.05) is 0 Å². The Hall–Kier alpha value is -1.12. The van der Waals surface area contributed by atoms with Crippen molar-refractivity contribution in [1.29, 1.82) is 0 Å². The van der Waals surface area contributed by atoms with Gasteiger partial charge in [-0.05, 0) is 24.3 Å². The highest BCUT2D eigenvalue weighted by Crippen LogP contribution is 2.11. The van der Waals surface area contributed by atoms with Crippen molar-refractivity contribution < 1.29 is 4.65 Å². The van der Waals surface area contributed by atoms with E-state index in [4.69, 9.17) is 13.8 Å². The maximum atomic E-state index is 5.38. The summed E-state index contributed by atoms with van der Waals surface area (Å²) in [4.78, 5) is 0. The largest absolute Gasteiger partial charge is 0.568 e. The summed E-state index contributed by atoms with van der Waals surface area (Å²) in [6.07, 6.45) is 0. The van der Waals surface area contributed by atoms with Crippen molar-refractivity contribution in [3.63, 3.8) is 0 Å². The van der Waals surface area contributed by atoms with Crippen molar-refractivity contribution >= 4 is 13.7 Å². The molecule has 1 aromatic carbocycles. The molecule has 0 saturated heterocycles. The van der Waals surface area contributed by atoms with Crippen LogP contribution in [0.3, 0.4) is 0 Å². The first kappa shape index (κ1) is 6.01. The zero-order chi connectivity index (χ0) is 6.69. The Balaban J connectivity index is 2.88. The van der Waals surface area contributed by atoms with Gasteiger partial charge >= 0.3 is 8.05 Å². The highest BCUT2D eigenvalue weighted by atomic mass is 16.4. The predicted molar refractivity (Wildman–Crippen MR) is 37.2 cm³/mol. The lowest BCUT2D eigenvalue weighted by Crippen LogP contribution is -1.86. The average molecular weight is 119 g/mol. The molecule has 0 unspecified atom stereocenters. The zero-order valence-electron chi connectivity index (χ0n) is 4.87. The molecule has 2 radical (unpaired) electrons. The zero-order valence-corrected chi connectivity index (χ0v) is 4.87. The lowest BCUT2D eigenvalue weighted by molar-refractivity contribution is 0.616. The molecular formula is C6H6BNO. The van der Waals surface area contributed by atoms with Crippen molar-refractivity contribution in [3.8, 4) is 5.75 Å². The van der Waals surface area contributed by atoms with Crippen molar-refractivity contribution in [2.24, 2.45) is 0 Å². The minimum atomic E-state index is 0.615. The first-order valence-corrected chi connectivity index (χ1v) is 2.55. The third-order valence-electron chi connectivity index (χ3n) is 1.02. The van der Waals surface area contributed by atoms with Gasteiger partial charge in [0.2, 0.25) is 0 Å². The van der Waals surface area contributed by atoms with Crippen LogP contribution in [0.4, 0.5) is 5.69 Å². The van der Waals surface area contributed by atoms with Gasteiger partial charge in [0.05, 0.1) is 5.75 Å². The number of rotatable bonds is 1. The molecule has 0 spiro atoms. The molecular weight excluding hydrogens is 113 g/mol. The molecule has 0 saturated carbocycles. The van der Waals surface area contributed by atoms with E-state index in [0.29, 0.717) is 11.4 Å². The first-order chi connectivity index (χ1) is 4.33. The fraction of sp³-hybridized carbons (Fsp3) is 0. The number of nitrogen functional groups attached to an aromatic ring is 1. The number of hydrogen-bond acceptors (Lipinski definition) is 2. The molecule has 2 N–H and O–H groups in total. The van der Waals surface area contributed by atoms with E-state index >= 15 is 0 Å². The molecule has 0 amide bonds. The van der Waals surface area contributed by atoms with Gasteiger partial charge in [0.1, 0.15) is 0 Å². The third-order valence-corrected chi connectivity index (χ3v) is 1.02. The summed E-state index contributed by atoms with van der Waals surface area (Å²) >= 11 is 0. The van der Waals surface area contributed by atoms with E-state index in [1.165, 1.54) is 0 Å². The third kappa shape index (κ3) is 1.39. The first-order valence-electron chi connectivity index (χ1n) is 2.55. The highest BCUT2D eigenvalue weighted by Gasteiger charge is 1.85. The van der Waals surface area contributed by atoms with Crippen molar-refractivity contribution in [3.05, 3.63) is 24.3 Å². The van der Waals surface area contributed by atoms with Crippen LogP contribution in [-0.2, 0) is 0 Å². The SMILES string of the molecule is [B]Oc1ccc(N)cc1. The maximum Gasteiger partial charge on any atom is 0.374 e. The summed E-state index contributed by atoms with van der Waals surface area (Å²) in [7, 11) is 4.86. The van der Waals surface area contributed by atoms with Gasteiger partial charge in [0, 0.05) is 5.69 Å². The molecule has 44 valence electrons. The second-order valence-electron chi connectivity index (χ2n) is 1.69. The van der Waals surface area contributed by atoms with Crippen LogP contribution in [0.25, 0.3) is 0 Å². The van der Waals surface area contributed by atoms with Crippen LogP contribution in [0.2, 0.25) is 0 Å². The minimum absolute atomic E-state index is 0.615. The van der Waals surface area contributed by atoms with E-state index in [9.17, 15) is 0 Å². The Bertz CT molecular complexity index is 185. The van der Waals surface area contributed by atoms with Crippen LogP contribution in [0.1, 0.15) is 0 Å². The van der Waals surface area contributed by atoms with E-state index in [2.05, 4.69) is 4.65 Å². The van der Waals surface area contributed by atoms with E-state index in [0.717, 1.165) is 0 Å². The number of benzene rings is 1. The Kier molecular flexibility index (Phi) is 1.63. The van der Waals surface area contributed by atoms with Crippen LogP contribution in [0.5, 0.6) is 5.75 Å². The van der Waals surface area contributed by atoms with Gasteiger partial charge in [-0.25, -0.2) is 0 Å². The molecule has 1 aromatic rings. The standard InChI is InChI=1S/C6H6BNO/c7-9-6-3-1-5(8)2-4-6/h1-4H,8H2. The summed E-state index contributed by atoms with van der Waals surface area (Å²) in [5.41, 5.74) is 6.09. The lowest BCUT2D eigenvalue weighted by atomic mass is 10.3. The van der Waals surface area contributed by atoms with Crippen LogP contribution in [0.15, 0.2) is 24.3 Å².